The van der Waals surface area contributed by atoms with Gasteiger partial charge in [-0.3, -0.25) is 0 Å². The van der Waals surface area contributed by atoms with Gasteiger partial charge >= 0.3 is 0 Å². The Kier molecular flexibility index (Phi) is 4.87. The van der Waals surface area contributed by atoms with Crippen LogP contribution >= 0.6 is 11.6 Å². The number of fused-ring (bicyclic) bond motifs is 1. The van der Waals surface area contributed by atoms with Gasteiger partial charge in [-0.2, -0.15) is 9.52 Å². The Hall–Kier alpha value is -2.78. The molecule has 4 rings (SSSR count). The smallest absolute Gasteiger partial charge is 0.247 e. The maximum absolute atomic E-state index is 12.4. The molecule has 10 heteroatoms. The third-order valence-electron chi connectivity index (χ3n) is 4.67. The highest BCUT2D eigenvalue weighted by Crippen LogP contribution is 2.40. The summed E-state index contributed by atoms with van der Waals surface area (Å²) in [6, 6.07) is 8.10. The summed E-state index contributed by atoms with van der Waals surface area (Å²) in [5.41, 5.74) is 1.60. The van der Waals surface area contributed by atoms with E-state index in [0.717, 1.165) is 10.7 Å². The number of methoxy groups -OCH3 is 2. The van der Waals surface area contributed by atoms with E-state index >= 15 is 0 Å². The van der Waals surface area contributed by atoms with Crippen molar-refractivity contribution < 1.29 is 22.3 Å². The first-order chi connectivity index (χ1) is 13.8. The molecule has 1 aliphatic rings. The first kappa shape index (κ1) is 19.5. The molecule has 1 unspecified atom stereocenters. The lowest BCUT2D eigenvalue weighted by Crippen LogP contribution is -2.26. The van der Waals surface area contributed by atoms with Crippen molar-refractivity contribution >= 4 is 38.2 Å². The molecule has 1 aromatic carbocycles. The van der Waals surface area contributed by atoms with E-state index in [9.17, 15) is 8.42 Å². The monoisotopic (exact) mass is 435 g/mol. The van der Waals surface area contributed by atoms with E-state index in [-0.39, 0.29) is 5.15 Å². The maximum atomic E-state index is 12.4. The van der Waals surface area contributed by atoms with Crippen LogP contribution < -0.4 is 9.47 Å². The van der Waals surface area contributed by atoms with Gasteiger partial charge in [-0.05, 0) is 24.3 Å². The summed E-state index contributed by atoms with van der Waals surface area (Å²) in [5, 5.41) is 5.17. The molecule has 152 valence electrons. The van der Waals surface area contributed by atoms with Crippen LogP contribution in [-0.2, 0) is 10.0 Å². The van der Waals surface area contributed by atoms with Crippen molar-refractivity contribution in [3.63, 3.8) is 0 Å². The number of halogens is 1. The molecular formula is C19H18ClN3O5S. The molecule has 0 saturated heterocycles. The van der Waals surface area contributed by atoms with Gasteiger partial charge in [-0.1, -0.05) is 11.6 Å². The van der Waals surface area contributed by atoms with Gasteiger partial charge in [0.1, 0.15) is 33.6 Å². The molecule has 0 aliphatic carbocycles. The summed E-state index contributed by atoms with van der Waals surface area (Å²) in [7, 11) is -0.568. The topological polar surface area (TPSA) is 94.2 Å². The SMILES string of the molecule is COc1cc(OC)c2nc(Cl)c(C3CC(c4ccco4)=NN3S(C)(=O)=O)cc2c1. The zero-order chi connectivity index (χ0) is 20.8. The fourth-order valence-electron chi connectivity index (χ4n) is 3.35. The quantitative estimate of drug-likeness (QED) is 0.568. The van der Waals surface area contributed by atoms with Crippen molar-refractivity contribution in [3.8, 4) is 11.5 Å². The van der Waals surface area contributed by atoms with E-state index in [4.69, 9.17) is 25.5 Å². The van der Waals surface area contributed by atoms with E-state index in [2.05, 4.69) is 10.1 Å². The van der Waals surface area contributed by atoms with Crippen LogP contribution in [0, 0.1) is 0 Å². The molecule has 0 amide bonds. The Morgan fingerprint density at radius 2 is 2.03 bits per heavy atom. The Morgan fingerprint density at radius 1 is 1.24 bits per heavy atom. The van der Waals surface area contributed by atoms with Crippen LogP contribution in [-0.4, -0.2) is 44.0 Å². The predicted molar refractivity (Wildman–Crippen MR) is 109 cm³/mol. The number of aromatic nitrogens is 1. The standard InChI is InChI=1S/C19H18ClN3O5S/c1-26-12-7-11-8-13(19(20)21-18(11)17(9-12)27-2)15-10-14(16-5-4-6-28-16)22-23(15)29(3,24)25/h4-9,15H,10H2,1-3H3. The molecular weight excluding hydrogens is 418 g/mol. The van der Waals surface area contributed by atoms with Gasteiger partial charge in [0.2, 0.25) is 10.0 Å². The molecule has 3 heterocycles. The number of pyridine rings is 1. The molecule has 2 aromatic heterocycles. The number of furan rings is 1. The number of sulfonamides is 1. The van der Waals surface area contributed by atoms with Crippen LogP contribution in [0.1, 0.15) is 23.8 Å². The molecule has 1 aliphatic heterocycles. The Balaban J connectivity index is 1.85. The second-order valence-corrected chi connectivity index (χ2v) is 8.75. The zero-order valence-electron chi connectivity index (χ0n) is 15.9. The van der Waals surface area contributed by atoms with E-state index in [0.29, 0.717) is 45.9 Å². The largest absolute Gasteiger partial charge is 0.497 e. The average Bonchev–Trinajstić information content (AvgIpc) is 3.36. The van der Waals surface area contributed by atoms with Gasteiger partial charge in [-0.25, -0.2) is 13.4 Å². The lowest BCUT2D eigenvalue weighted by molar-refractivity contribution is 0.374. The summed E-state index contributed by atoms with van der Waals surface area (Å²) >= 11 is 6.48. The third kappa shape index (κ3) is 3.51. The highest BCUT2D eigenvalue weighted by Gasteiger charge is 2.37. The molecule has 0 fully saturated rings. The van der Waals surface area contributed by atoms with E-state index < -0.39 is 16.1 Å². The van der Waals surface area contributed by atoms with Gasteiger partial charge in [0, 0.05) is 23.4 Å². The normalized spacial score (nSPS) is 16.9. The fraction of sp³-hybridized carbons (Fsp3) is 0.263. The lowest BCUT2D eigenvalue weighted by atomic mass is 10.0. The highest BCUT2D eigenvalue weighted by molar-refractivity contribution is 7.88. The van der Waals surface area contributed by atoms with Gasteiger partial charge < -0.3 is 13.9 Å². The third-order valence-corrected chi connectivity index (χ3v) is 5.99. The summed E-state index contributed by atoms with van der Waals surface area (Å²) < 4.78 is 41.9. The molecule has 0 bridgehead atoms. The number of hydrogen-bond donors (Lipinski definition) is 0. The first-order valence-corrected chi connectivity index (χ1v) is 10.9. The van der Waals surface area contributed by atoms with Crippen molar-refractivity contribution in [3.05, 3.63) is 53.1 Å². The molecule has 8 nitrogen and oxygen atoms in total. The van der Waals surface area contributed by atoms with Crippen LogP contribution in [0.4, 0.5) is 0 Å². The molecule has 3 aromatic rings. The minimum absolute atomic E-state index is 0.176. The number of rotatable bonds is 5. The number of hydrogen-bond acceptors (Lipinski definition) is 7. The Bertz CT molecular complexity index is 1210. The van der Waals surface area contributed by atoms with E-state index in [1.54, 1.807) is 37.4 Å². The summed E-state index contributed by atoms with van der Waals surface area (Å²) in [6.45, 7) is 0. The van der Waals surface area contributed by atoms with Gasteiger partial charge in [0.25, 0.3) is 0 Å². The molecule has 0 spiro atoms. The highest BCUT2D eigenvalue weighted by atomic mass is 35.5. The molecule has 0 radical (unpaired) electrons. The molecule has 0 saturated carbocycles. The number of nitrogens with zero attached hydrogens (tertiary/aromatic N) is 3. The van der Waals surface area contributed by atoms with Crippen LogP contribution in [0.15, 0.2) is 46.1 Å². The van der Waals surface area contributed by atoms with E-state index in [1.807, 2.05) is 0 Å². The molecule has 1 atom stereocenters. The lowest BCUT2D eigenvalue weighted by Gasteiger charge is -2.22. The summed E-state index contributed by atoms with van der Waals surface area (Å²) in [5.74, 6) is 1.60. The number of benzene rings is 1. The van der Waals surface area contributed by atoms with Gasteiger partial charge in [0.15, 0.2) is 0 Å². The maximum Gasteiger partial charge on any atom is 0.247 e. The van der Waals surface area contributed by atoms with Crippen LogP contribution in [0.25, 0.3) is 10.9 Å². The molecule has 29 heavy (non-hydrogen) atoms. The first-order valence-electron chi connectivity index (χ1n) is 8.64. The van der Waals surface area contributed by atoms with Crippen molar-refractivity contribution in [1.29, 1.82) is 0 Å². The molecule has 0 N–H and O–H groups in total. The second kappa shape index (κ2) is 7.23. The Morgan fingerprint density at radius 3 is 2.66 bits per heavy atom. The van der Waals surface area contributed by atoms with Crippen LogP contribution in [0.3, 0.4) is 0 Å². The Labute approximate surface area is 172 Å². The fourth-order valence-corrected chi connectivity index (χ4v) is 4.51. The zero-order valence-corrected chi connectivity index (χ0v) is 17.5. The van der Waals surface area contributed by atoms with Gasteiger partial charge in [0.05, 0.1) is 32.8 Å². The summed E-state index contributed by atoms with van der Waals surface area (Å²) in [6.07, 6.45) is 2.91. The van der Waals surface area contributed by atoms with Crippen molar-refractivity contribution in [1.82, 2.24) is 9.40 Å². The average molecular weight is 436 g/mol. The minimum atomic E-state index is -3.65. The van der Waals surface area contributed by atoms with E-state index in [1.165, 1.54) is 13.4 Å². The van der Waals surface area contributed by atoms with Crippen molar-refractivity contribution in [2.45, 2.75) is 12.5 Å². The van der Waals surface area contributed by atoms with Crippen LogP contribution in [0.2, 0.25) is 5.15 Å². The van der Waals surface area contributed by atoms with Crippen molar-refractivity contribution in [2.24, 2.45) is 5.10 Å². The predicted octanol–water partition coefficient (Wildman–Crippen LogP) is 3.61. The minimum Gasteiger partial charge on any atom is -0.497 e. The number of ether oxygens (including phenoxy) is 2. The van der Waals surface area contributed by atoms with Gasteiger partial charge in [-0.15, -0.1) is 0 Å². The second-order valence-electron chi connectivity index (χ2n) is 6.55. The summed E-state index contributed by atoms with van der Waals surface area (Å²) in [4.78, 5) is 4.46. The van der Waals surface area contributed by atoms with Crippen molar-refractivity contribution in [2.75, 3.05) is 20.5 Å². The number of hydrazone groups is 1. The van der Waals surface area contributed by atoms with Crippen LogP contribution in [0.5, 0.6) is 11.5 Å².